The standard InChI is InChI=1S/C16H17NO3S/c1-2-16(18)14-8-10-15(11-9-14)17-21(19,20)12-13-6-4-3-5-7-13/h3-11,17H,2,12H2,1H3. The maximum absolute atomic E-state index is 12.1. The Balaban J connectivity index is 2.08. The number of hydrogen-bond acceptors (Lipinski definition) is 3. The van der Waals surface area contributed by atoms with Gasteiger partial charge in [0, 0.05) is 17.7 Å². The summed E-state index contributed by atoms with van der Waals surface area (Å²) in [5.74, 6) is -0.0441. The second-order valence-corrected chi connectivity index (χ2v) is 6.42. The first-order valence-electron chi connectivity index (χ1n) is 6.68. The molecule has 0 unspecified atom stereocenters. The van der Waals surface area contributed by atoms with Gasteiger partial charge in [-0.05, 0) is 29.8 Å². The molecule has 0 aliphatic rings. The number of carbonyl (C=O) groups excluding carboxylic acids is 1. The minimum absolute atomic E-state index is 0.0358. The smallest absolute Gasteiger partial charge is 0.236 e. The molecule has 0 atom stereocenters. The molecule has 21 heavy (non-hydrogen) atoms. The number of rotatable bonds is 6. The van der Waals surface area contributed by atoms with E-state index in [0.717, 1.165) is 5.56 Å². The Bertz CT molecular complexity index is 707. The number of Topliss-reactive ketones (excluding diaryl/α,β-unsaturated/α-hetero) is 1. The quantitative estimate of drug-likeness (QED) is 0.833. The van der Waals surface area contributed by atoms with Gasteiger partial charge in [-0.15, -0.1) is 0 Å². The summed E-state index contributed by atoms with van der Waals surface area (Å²) in [6.45, 7) is 1.79. The Morgan fingerprint density at radius 3 is 2.19 bits per heavy atom. The summed E-state index contributed by atoms with van der Waals surface area (Å²) in [6.07, 6.45) is 0.430. The van der Waals surface area contributed by atoms with Gasteiger partial charge in [0.05, 0.1) is 5.75 Å². The van der Waals surface area contributed by atoms with Crippen molar-refractivity contribution in [1.82, 2.24) is 0 Å². The van der Waals surface area contributed by atoms with Crippen LogP contribution in [0.4, 0.5) is 5.69 Å². The summed E-state index contributed by atoms with van der Waals surface area (Å²) < 4.78 is 26.6. The van der Waals surface area contributed by atoms with Crippen LogP contribution in [0.5, 0.6) is 0 Å². The van der Waals surface area contributed by atoms with Gasteiger partial charge in [0.1, 0.15) is 0 Å². The highest BCUT2D eigenvalue weighted by Gasteiger charge is 2.12. The van der Waals surface area contributed by atoms with Gasteiger partial charge in [-0.1, -0.05) is 37.3 Å². The molecule has 0 fully saturated rings. The molecule has 2 aromatic rings. The third-order valence-corrected chi connectivity index (χ3v) is 4.26. The minimum atomic E-state index is -3.46. The number of nitrogens with one attached hydrogen (secondary N) is 1. The molecule has 0 aliphatic heterocycles. The van der Waals surface area contributed by atoms with E-state index in [1.54, 1.807) is 55.5 Å². The van der Waals surface area contributed by atoms with Gasteiger partial charge in [0.15, 0.2) is 5.78 Å². The summed E-state index contributed by atoms with van der Waals surface area (Å²) in [7, 11) is -3.46. The van der Waals surface area contributed by atoms with Crippen LogP contribution >= 0.6 is 0 Å². The van der Waals surface area contributed by atoms with Gasteiger partial charge in [-0.2, -0.15) is 0 Å². The van der Waals surface area contributed by atoms with Crippen LogP contribution in [0.3, 0.4) is 0 Å². The molecule has 0 saturated carbocycles. The lowest BCUT2D eigenvalue weighted by atomic mass is 10.1. The molecule has 110 valence electrons. The first kappa shape index (κ1) is 15.3. The van der Waals surface area contributed by atoms with E-state index in [1.807, 2.05) is 6.07 Å². The van der Waals surface area contributed by atoms with E-state index in [0.29, 0.717) is 17.7 Å². The van der Waals surface area contributed by atoms with Crippen LogP contribution in [0.25, 0.3) is 0 Å². The summed E-state index contributed by atoms with van der Waals surface area (Å²) in [5.41, 5.74) is 1.77. The Kier molecular flexibility index (Phi) is 4.75. The van der Waals surface area contributed by atoms with Crippen molar-refractivity contribution in [1.29, 1.82) is 0 Å². The van der Waals surface area contributed by atoms with Crippen molar-refractivity contribution in [3.05, 3.63) is 65.7 Å². The molecule has 0 aromatic heterocycles. The number of ketones is 1. The van der Waals surface area contributed by atoms with Gasteiger partial charge >= 0.3 is 0 Å². The summed E-state index contributed by atoms with van der Waals surface area (Å²) in [5, 5.41) is 0. The molecule has 0 amide bonds. The van der Waals surface area contributed by atoms with E-state index in [2.05, 4.69) is 4.72 Å². The van der Waals surface area contributed by atoms with Crippen LogP contribution in [0.15, 0.2) is 54.6 Å². The van der Waals surface area contributed by atoms with E-state index >= 15 is 0 Å². The van der Waals surface area contributed by atoms with Gasteiger partial charge in [-0.3, -0.25) is 9.52 Å². The topological polar surface area (TPSA) is 63.2 Å². The Labute approximate surface area is 124 Å². The number of hydrogen-bond donors (Lipinski definition) is 1. The first-order chi connectivity index (χ1) is 10.00. The average Bonchev–Trinajstić information content (AvgIpc) is 2.47. The fraction of sp³-hybridized carbons (Fsp3) is 0.188. The summed E-state index contributed by atoms with van der Waals surface area (Å²) in [6, 6.07) is 15.4. The Morgan fingerprint density at radius 2 is 1.62 bits per heavy atom. The van der Waals surface area contributed by atoms with E-state index in [-0.39, 0.29) is 11.5 Å². The SMILES string of the molecule is CCC(=O)c1ccc(NS(=O)(=O)Cc2ccccc2)cc1. The van der Waals surface area contributed by atoms with Crippen molar-refractivity contribution in [3.8, 4) is 0 Å². The number of carbonyl (C=O) groups is 1. The molecule has 5 heteroatoms. The van der Waals surface area contributed by atoms with Crippen molar-refractivity contribution >= 4 is 21.5 Å². The second-order valence-electron chi connectivity index (χ2n) is 4.70. The normalized spacial score (nSPS) is 11.1. The fourth-order valence-electron chi connectivity index (χ4n) is 1.94. The molecular formula is C16H17NO3S. The largest absolute Gasteiger partial charge is 0.294 e. The van der Waals surface area contributed by atoms with Crippen LogP contribution in [0.2, 0.25) is 0 Å². The molecule has 4 nitrogen and oxygen atoms in total. The highest BCUT2D eigenvalue weighted by molar-refractivity contribution is 7.91. The van der Waals surface area contributed by atoms with Crippen LogP contribution in [-0.4, -0.2) is 14.2 Å². The van der Waals surface area contributed by atoms with Crippen LogP contribution in [0.1, 0.15) is 29.3 Å². The van der Waals surface area contributed by atoms with Gasteiger partial charge in [0.25, 0.3) is 0 Å². The molecule has 2 aromatic carbocycles. The third kappa shape index (κ3) is 4.43. The monoisotopic (exact) mass is 303 g/mol. The maximum Gasteiger partial charge on any atom is 0.236 e. The van der Waals surface area contributed by atoms with Crippen molar-refractivity contribution in [3.63, 3.8) is 0 Å². The molecule has 1 N–H and O–H groups in total. The number of benzene rings is 2. The molecule has 0 saturated heterocycles. The van der Waals surface area contributed by atoms with Gasteiger partial charge in [-0.25, -0.2) is 8.42 Å². The summed E-state index contributed by atoms with van der Waals surface area (Å²) in [4.78, 5) is 11.5. The highest BCUT2D eigenvalue weighted by Crippen LogP contribution is 2.14. The lowest BCUT2D eigenvalue weighted by molar-refractivity contribution is 0.0988. The predicted molar refractivity (Wildman–Crippen MR) is 83.8 cm³/mol. The van der Waals surface area contributed by atoms with Crippen molar-refractivity contribution < 1.29 is 13.2 Å². The van der Waals surface area contributed by atoms with Crippen molar-refractivity contribution in [2.24, 2.45) is 0 Å². The maximum atomic E-state index is 12.1. The zero-order valence-corrected chi connectivity index (χ0v) is 12.6. The molecule has 0 spiro atoms. The average molecular weight is 303 g/mol. The van der Waals surface area contributed by atoms with Gasteiger partial charge < -0.3 is 0 Å². The van der Waals surface area contributed by atoms with Crippen LogP contribution in [0, 0.1) is 0 Å². The molecule has 0 radical (unpaired) electrons. The van der Waals surface area contributed by atoms with E-state index in [9.17, 15) is 13.2 Å². The van der Waals surface area contributed by atoms with E-state index in [1.165, 1.54) is 0 Å². The molecule has 0 aliphatic carbocycles. The zero-order valence-electron chi connectivity index (χ0n) is 11.7. The van der Waals surface area contributed by atoms with Gasteiger partial charge in [0.2, 0.25) is 10.0 Å². The van der Waals surface area contributed by atoms with Crippen molar-refractivity contribution in [2.45, 2.75) is 19.1 Å². The minimum Gasteiger partial charge on any atom is -0.294 e. The number of anilines is 1. The van der Waals surface area contributed by atoms with Crippen LogP contribution in [-0.2, 0) is 15.8 Å². The summed E-state index contributed by atoms with van der Waals surface area (Å²) >= 11 is 0. The molecular weight excluding hydrogens is 286 g/mol. The van der Waals surface area contributed by atoms with Crippen molar-refractivity contribution in [2.75, 3.05) is 4.72 Å². The predicted octanol–water partition coefficient (Wildman–Crippen LogP) is 3.22. The first-order valence-corrected chi connectivity index (χ1v) is 8.33. The highest BCUT2D eigenvalue weighted by atomic mass is 32.2. The van der Waals surface area contributed by atoms with E-state index in [4.69, 9.17) is 0 Å². The molecule has 0 heterocycles. The lowest BCUT2D eigenvalue weighted by Crippen LogP contribution is -2.15. The third-order valence-electron chi connectivity index (χ3n) is 3.00. The zero-order chi connectivity index (χ0) is 15.3. The number of sulfonamides is 1. The Morgan fingerprint density at radius 1 is 1.00 bits per heavy atom. The Hall–Kier alpha value is -2.14. The fourth-order valence-corrected chi connectivity index (χ4v) is 3.14. The molecule has 0 bridgehead atoms. The molecule has 2 rings (SSSR count). The van der Waals surface area contributed by atoms with E-state index < -0.39 is 10.0 Å². The lowest BCUT2D eigenvalue weighted by Gasteiger charge is -2.08. The van der Waals surface area contributed by atoms with Crippen LogP contribution < -0.4 is 4.72 Å². The second kappa shape index (κ2) is 6.54.